The molecule has 2 heterocycles. The second-order valence-corrected chi connectivity index (χ2v) is 5.85. The number of amides is 1. The van der Waals surface area contributed by atoms with Gasteiger partial charge in [0.1, 0.15) is 11.8 Å². The number of aromatic nitrogens is 2. The standard InChI is InChI=1S/C17H14N4O2S/c1-23-14-7-16(24-11-14)17(22)20-15(8-18)12-9-19-21(10-12)13-5-3-2-4-6-13/h2-7,9-11,15H,1H3,(H,20,22)/t15-/m0/s1. The third kappa shape index (κ3) is 3.29. The van der Waals surface area contributed by atoms with E-state index in [4.69, 9.17) is 4.74 Å². The number of methoxy groups -OCH3 is 1. The van der Waals surface area contributed by atoms with Gasteiger partial charge in [-0.1, -0.05) is 18.2 Å². The van der Waals surface area contributed by atoms with Crippen LogP contribution < -0.4 is 10.1 Å². The van der Waals surface area contributed by atoms with Gasteiger partial charge < -0.3 is 10.1 Å². The predicted octanol–water partition coefficient (Wildman–Crippen LogP) is 2.94. The van der Waals surface area contributed by atoms with Crippen molar-refractivity contribution in [2.75, 3.05) is 7.11 Å². The van der Waals surface area contributed by atoms with Crippen molar-refractivity contribution in [3.05, 3.63) is 64.6 Å². The van der Waals surface area contributed by atoms with E-state index in [1.807, 2.05) is 30.3 Å². The first-order valence-corrected chi connectivity index (χ1v) is 8.02. The summed E-state index contributed by atoms with van der Waals surface area (Å²) in [5, 5.41) is 18.1. The number of carbonyl (C=O) groups is 1. The largest absolute Gasteiger partial charge is 0.496 e. The summed E-state index contributed by atoms with van der Waals surface area (Å²) in [5.74, 6) is 0.304. The number of hydrogen-bond donors (Lipinski definition) is 1. The van der Waals surface area contributed by atoms with Crippen LogP contribution in [0.1, 0.15) is 21.3 Å². The molecule has 1 amide bonds. The first-order chi connectivity index (χ1) is 11.7. The van der Waals surface area contributed by atoms with Gasteiger partial charge >= 0.3 is 0 Å². The summed E-state index contributed by atoms with van der Waals surface area (Å²) in [7, 11) is 1.54. The molecule has 3 rings (SSSR count). The fourth-order valence-corrected chi connectivity index (χ4v) is 2.90. The number of para-hydroxylation sites is 1. The minimum absolute atomic E-state index is 0.317. The molecule has 120 valence electrons. The number of nitrogens with zero attached hydrogens (tertiary/aromatic N) is 3. The van der Waals surface area contributed by atoms with E-state index in [2.05, 4.69) is 16.5 Å². The number of nitrogens with one attached hydrogen (secondary N) is 1. The van der Waals surface area contributed by atoms with Crippen LogP contribution in [0.15, 0.2) is 54.2 Å². The zero-order chi connectivity index (χ0) is 16.9. The van der Waals surface area contributed by atoms with E-state index in [0.717, 1.165) is 5.69 Å². The van der Waals surface area contributed by atoms with Gasteiger partial charge in [0, 0.05) is 23.2 Å². The van der Waals surface area contributed by atoms with E-state index >= 15 is 0 Å². The Labute approximate surface area is 142 Å². The molecule has 0 bridgehead atoms. The molecule has 1 atom stereocenters. The van der Waals surface area contributed by atoms with Crippen LogP contribution in [0, 0.1) is 11.3 Å². The van der Waals surface area contributed by atoms with Gasteiger partial charge in [-0.15, -0.1) is 11.3 Å². The van der Waals surface area contributed by atoms with Crippen molar-refractivity contribution in [1.29, 1.82) is 5.26 Å². The number of nitriles is 1. The summed E-state index contributed by atoms with van der Waals surface area (Å²) in [6, 6.07) is 12.5. The zero-order valence-electron chi connectivity index (χ0n) is 12.8. The lowest BCUT2D eigenvalue weighted by atomic mass is 10.2. The Kier molecular flexibility index (Phi) is 4.59. The molecule has 0 unspecified atom stereocenters. The topological polar surface area (TPSA) is 79.9 Å². The van der Waals surface area contributed by atoms with Gasteiger partial charge in [0.2, 0.25) is 0 Å². The van der Waals surface area contributed by atoms with Crippen molar-refractivity contribution in [3.8, 4) is 17.5 Å². The SMILES string of the molecule is COc1csc(C(=O)N[C@@H](C#N)c2cnn(-c3ccccc3)c2)c1. The summed E-state index contributed by atoms with van der Waals surface area (Å²) in [4.78, 5) is 12.7. The smallest absolute Gasteiger partial charge is 0.262 e. The Morgan fingerprint density at radius 2 is 2.21 bits per heavy atom. The van der Waals surface area contributed by atoms with E-state index in [1.165, 1.54) is 11.3 Å². The van der Waals surface area contributed by atoms with Crippen LogP contribution in [0.25, 0.3) is 5.69 Å². The lowest BCUT2D eigenvalue weighted by molar-refractivity contribution is 0.0949. The number of thiophene rings is 1. The molecule has 0 radical (unpaired) electrons. The number of ether oxygens (including phenoxy) is 1. The van der Waals surface area contributed by atoms with E-state index in [-0.39, 0.29) is 5.91 Å². The van der Waals surface area contributed by atoms with Gasteiger partial charge in [0.25, 0.3) is 5.91 Å². The Balaban J connectivity index is 1.76. The van der Waals surface area contributed by atoms with Crippen LogP contribution in [0.5, 0.6) is 5.75 Å². The second-order valence-electron chi connectivity index (χ2n) is 4.94. The lowest BCUT2D eigenvalue weighted by Crippen LogP contribution is -2.26. The molecule has 0 spiro atoms. The molecule has 1 N–H and O–H groups in total. The molecule has 0 saturated carbocycles. The normalized spacial score (nSPS) is 11.5. The minimum Gasteiger partial charge on any atom is -0.496 e. The van der Waals surface area contributed by atoms with Gasteiger partial charge in [-0.3, -0.25) is 4.79 Å². The molecule has 0 fully saturated rings. The van der Waals surface area contributed by atoms with Crippen molar-refractivity contribution in [2.45, 2.75) is 6.04 Å². The second kappa shape index (κ2) is 6.98. The van der Waals surface area contributed by atoms with Crippen molar-refractivity contribution in [2.24, 2.45) is 0 Å². The summed E-state index contributed by atoms with van der Waals surface area (Å²) in [6.07, 6.45) is 3.31. The monoisotopic (exact) mass is 338 g/mol. The number of benzene rings is 1. The van der Waals surface area contributed by atoms with Crippen molar-refractivity contribution >= 4 is 17.2 Å². The molecule has 7 heteroatoms. The van der Waals surface area contributed by atoms with Crippen LogP contribution in [-0.2, 0) is 0 Å². The fourth-order valence-electron chi connectivity index (χ4n) is 2.15. The Morgan fingerprint density at radius 1 is 1.42 bits per heavy atom. The maximum absolute atomic E-state index is 12.3. The first-order valence-electron chi connectivity index (χ1n) is 7.14. The maximum atomic E-state index is 12.3. The average molecular weight is 338 g/mol. The molecular formula is C17H14N4O2S. The molecular weight excluding hydrogens is 324 g/mol. The zero-order valence-corrected chi connectivity index (χ0v) is 13.7. The van der Waals surface area contributed by atoms with E-state index in [0.29, 0.717) is 16.2 Å². The summed E-state index contributed by atoms with van der Waals surface area (Å²) < 4.78 is 6.73. The Hall–Kier alpha value is -3.11. The fraction of sp³-hybridized carbons (Fsp3) is 0.118. The van der Waals surface area contributed by atoms with Crippen molar-refractivity contribution in [1.82, 2.24) is 15.1 Å². The summed E-state index contributed by atoms with van der Waals surface area (Å²) in [5.41, 5.74) is 1.51. The summed E-state index contributed by atoms with van der Waals surface area (Å²) >= 11 is 1.26. The Morgan fingerprint density at radius 3 is 2.88 bits per heavy atom. The van der Waals surface area contributed by atoms with E-state index in [1.54, 1.807) is 35.6 Å². The third-order valence-electron chi connectivity index (χ3n) is 3.40. The third-order valence-corrected chi connectivity index (χ3v) is 4.30. The van der Waals surface area contributed by atoms with Crippen molar-refractivity contribution in [3.63, 3.8) is 0 Å². The molecule has 0 saturated heterocycles. The van der Waals surface area contributed by atoms with Crippen LogP contribution >= 0.6 is 11.3 Å². The van der Waals surface area contributed by atoms with Gasteiger partial charge in [-0.25, -0.2) is 4.68 Å². The maximum Gasteiger partial charge on any atom is 0.262 e. The highest BCUT2D eigenvalue weighted by Crippen LogP contribution is 2.22. The highest BCUT2D eigenvalue weighted by atomic mass is 32.1. The quantitative estimate of drug-likeness (QED) is 0.775. The number of carbonyl (C=O) groups excluding carboxylic acids is 1. The highest BCUT2D eigenvalue weighted by molar-refractivity contribution is 7.12. The van der Waals surface area contributed by atoms with Crippen LogP contribution in [-0.4, -0.2) is 22.8 Å². The molecule has 24 heavy (non-hydrogen) atoms. The van der Waals surface area contributed by atoms with E-state index in [9.17, 15) is 10.1 Å². The molecule has 0 aliphatic carbocycles. The van der Waals surface area contributed by atoms with Gasteiger partial charge in [0.15, 0.2) is 0 Å². The predicted molar refractivity (Wildman–Crippen MR) is 90.3 cm³/mol. The lowest BCUT2D eigenvalue weighted by Gasteiger charge is -2.08. The van der Waals surface area contributed by atoms with E-state index < -0.39 is 6.04 Å². The molecule has 0 aliphatic rings. The van der Waals surface area contributed by atoms with Crippen LogP contribution in [0.2, 0.25) is 0 Å². The number of hydrogen-bond acceptors (Lipinski definition) is 5. The van der Waals surface area contributed by atoms with Crippen LogP contribution in [0.3, 0.4) is 0 Å². The molecule has 2 aromatic heterocycles. The number of rotatable bonds is 5. The highest BCUT2D eigenvalue weighted by Gasteiger charge is 2.18. The van der Waals surface area contributed by atoms with Gasteiger partial charge in [-0.2, -0.15) is 10.4 Å². The van der Waals surface area contributed by atoms with Gasteiger partial charge in [0.05, 0.1) is 29.9 Å². The van der Waals surface area contributed by atoms with Crippen molar-refractivity contribution < 1.29 is 9.53 Å². The summed E-state index contributed by atoms with van der Waals surface area (Å²) in [6.45, 7) is 0. The first kappa shape index (κ1) is 15.8. The Bertz CT molecular complexity index is 879. The average Bonchev–Trinajstić information content (AvgIpc) is 3.29. The molecule has 1 aromatic carbocycles. The minimum atomic E-state index is -0.775. The van der Waals surface area contributed by atoms with Crippen LogP contribution in [0.4, 0.5) is 0 Å². The molecule has 3 aromatic rings. The van der Waals surface area contributed by atoms with Gasteiger partial charge in [-0.05, 0) is 12.1 Å². The molecule has 0 aliphatic heterocycles. The molecule has 6 nitrogen and oxygen atoms in total.